The molecule has 0 amide bonds. The summed E-state index contributed by atoms with van der Waals surface area (Å²) >= 11 is 3.26. The third-order valence-electron chi connectivity index (χ3n) is 3.68. The van der Waals surface area contributed by atoms with Gasteiger partial charge in [0.05, 0.1) is 6.61 Å². The minimum Gasteiger partial charge on any atom is -0.386 e. The number of aliphatic hydroxyl groups is 1. The Bertz CT molecular complexity index is 831. The molecular weight excluding hydrogens is 397 g/mol. The predicted octanol–water partition coefficient (Wildman–Crippen LogP) is -0.0549. The SMILES string of the molecule is Nc1ncnc2c1nc(Br)n2[C@H]1OC2COP(=O)(O)O[C@@H]2[C@@H]1O. The van der Waals surface area contributed by atoms with Crippen molar-refractivity contribution in [2.75, 3.05) is 12.3 Å². The number of nitrogen functional groups attached to an aromatic ring is 1. The van der Waals surface area contributed by atoms with Crippen molar-refractivity contribution in [1.29, 1.82) is 0 Å². The molecule has 0 aliphatic carbocycles. The summed E-state index contributed by atoms with van der Waals surface area (Å²) in [7, 11) is -4.19. The van der Waals surface area contributed by atoms with Crippen LogP contribution < -0.4 is 5.73 Å². The Hall–Kier alpha value is -1.14. The Kier molecular flexibility index (Phi) is 3.47. The van der Waals surface area contributed by atoms with Crippen LogP contribution in [0.1, 0.15) is 6.23 Å². The molecule has 2 aliphatic heterocycles. The number of aromatic nitrogens is 4. The number of nitrogens with zero attached hydrogens (tertiary/aromatic N) is 4. The van der Waals surface area contributed by atoms with Gasteiger partial charge < -0.3 is 20.5 Å². The summed E-state index contributed by atoms with van der Waals surface area (Å²) in [5.41, 5.74) is 6.45. The van der Waals surface area contributed by atoms with E-state index in [1.807, 2.05) is 0 Å². The highest BCUT2D eigenvalue weighted by Crippen LogP contribution is 2.52. The van der Waals surface area contributed by atoms with E-state index in [-0.39, 0.29) is 12.4 Å². The lowest BCUT2D eigenvalue weighted by molar-refractivity contribution is -0.0669. The van der Waals surface area contributed by atoms with Crippen LogP contribution in [0, 0.1) is 0 Å². The number of imidazole rings is 1. The lowest BCUT2D eigenvalue weighted by Gasteiger charge is -2.27. The molecule has 13 heteroatoms. The number of phosphoric ester groups is 1. The molecule has 4 heterocycles. The highest BCUT2D eigenvalue weighted by Gasteiger charge is 2.53. The molecule has 4 N–H and O–H groups in total. The molecule has 23 heavy (non-hydrogen) atoms. The molecule has 0 spiro atoms. The number of fused-ring (bicyclic) bond motifs is 2. The molecule has 2 fully saturated rings. The van der Waals surface area contributed by atoms with Crippen LogP contribution >= 0.6 is 23.8 Å². The third kappa shape index (κ3) is 2.38. The molecule has 4 rings (SSSR count). The number of phosphoric acid groups is 1. The van der Waals surface area contributed by atoms with Crippen molar-refractivity contribution in [3.05, 3.63) is 11.1 Å². The van der Waals surface area contributed by atoms with Gasteiger partial charge in [-0.2, -0.15) is 0 Å². The molecule has 5 atom stereocenters. The van der Waals surface area contributed by atoms with Crippen LogP contribution in [0.15, 0.2) is 11.1 Å². The van der Waals surface area contributed by atoms with Gasteiger partial charge in [-0.3, -0.25) is 13.6 Å². The Balaban J connectivity index is 1.76. The van der Waals surface area contributed by atoms with Crippen molar-refractivity contribution < 1.29 is 28.3 Å². The molecule has 124 valence electrons. The topological polar surface area (TPSA) is 155 Å². The van der Waals surface area contributed by atoms with Crippen molar-refractivity contribution in [3.8, 4) is 0 Å². The highest BCUT2D eigenvalue weighted by atomic mass is 79.9. The van der Waals surface area contributed by atoms with Gasteiger partial charge in [0, 0.05) is 0 Å². The van der Waals surface area contributed by atoms with Crippen LogP contribution in [0.5, 0.6) is 0 Å². The number of nitrogens with two attached hydrogens (primary N) is 1. The molecule has 0 aromatic carbocycles. The lowest BCUT2D eigenvalue weighted by Crippen LogP contribution is -2.39. The van der Waals surface area contributed by atoms with Crippen LogP contribution in [0.3, 0.4) is 0 Å². The van der Waals surface area contributed by atoms with E-state index in [0.717, 1.165) is 0 Å². The number of aliphatic hydroxyl groups excluding tert-OH is 1. The molecule has 0 radical (unpaired) electrons. The summed E-state index contributed by atoms with van der Waals surface area (Å²) in [5.74, 6) is 0.179. The minimum atomic E-state index is -4.19. The van der Waals surface area contributed by atoms with Gasteiger partial charge in [-0.1, -0.05) is 0 Å². The smallest absolute Gasteiger partial charge is 0.386 e. The number of ether oxygens (including phenoxy) is 1. The first-order valence-electron chi connectivity index (χ1n) is 6.50. The van der Waals surface area contributed by atoms with Gasteiger partial charge in [-0.25, -0.2) is 19.5 Å². The second-order valence-corrected chi connectivity index (χ2v) is 7.19. The van der Waals surface area contributed by atoms with E-state index in [2.05, 4.69) is 30.9 Å². The molecule has 2 aromatic heterocycles. The molecule has 2 aliphatic rings. The van der Waals surface area contributed by atoms with Gasteiger partial charge in [0.25, 0.3) is 0 Å². The lowest BCUT2D eigenvalue weighted by atomic mass is 10.1. The molecule has 2 unspecified atom stereocenters. The van der Waals surface area contributed by atoms with E-state index in [1.54, 1.807) is 0 Å². The zero-order chi connectivity index (χ0) is 16.4. The van der Waals surface area contributed by atoms with E-state index < -0.39 is 32.4 Å². The summed E-state index contributed by atoms with van der Waals surface area (Å²) in [6.45, 7) is -0.173. The number of rotatable bonds is 1. The third-order valence-corrected chi connectivity index (χ3v) is 5.23. The number of hydrogen-bond donors (Lipinski definition) is 3. The van der Waals surface area contributed by atoms with Gasteiger partial charge in [-0.15, -0.1) is 0 Å². The fourth-order valence-electron chi connectivity index (χ4n) is 2.67. The monoisotopic (exact) mass is 407 g/mol. The number of hydrogen-bond acceptors (Lipinski definition) is 9. The maximum absolute atomic E-state index is 11.5. The second kappa shape index (κ2) is 5.18. The highest BCUT2D eigenvalue weighted by molar-refractivity contribution is 9.10. The number of halogens is 1. The van der Waals surface area contributed by atoms with Crippen LogP contribution in [0.4, 0.5) is 5.82 Å². The predicted molar refractivity (Wildman–Crippen MR) is 78.0 cm³/mol. The van der Waals surface area contributed by atoms with Crippen LogP contribution in [0.25, 0.3) is 11.2 Å². The van der Waals surface area contributed by atoms with Gasteiger partial charge in [0.15, 0.2) is 27.9 Å². The standard InChI is InChI=1S/C10H11BrN5O6P/c11-10-15-4-7(12)13-2-14-8(4)16(10)9-5(17)6-3(21-9)1-20-23(18,19)22-6/h2-3,5-6,9,17H,1H2,(H,18,19)(H2,12,13,14)/t3?,5-,6-,9-/m0/s1. The van der Waals surface area contributed by atoms with Crippen molar-refractivity contribution in [2.24, 2.45) is 0 Å². The maximum atomic E-state index is 11.5. The molecular formula is C10H11BrN5O6P. The van der Waals surface area contributed by atoms with Gasteiger partial charge >= 0.3 is 7.82 Å². The first kappa shape index (κ1) is 15.4. The molecule has 11 nitrogen and oxygen atoms in total. The molecule has 0 saturated carbocycles. The Morgan fingerprint density at radius 2 is 2.26 bits per heavy atom. The Labute approximate surface area is 137 Å². The normalized spacial score (nSPS) is 37.2. The number of anilines is 1. The first-order chi connectivity index (χ1) is 10.9. The summed E-state index contributed by atoms with van der Waals surface area (Å²) in [6.07, 6.45) is -2.62. The van der Waals surface area contributed by atoms with Crippen LogP contribution in [0.2, 0.25) is 0 Å². The van der Waals surface area contributed by atoms with Gasteiger partial charge in [0.1, 0.15) is 24.6 Å². The summed E-state index contributed by atoms with van der Waals surface area (Å²) in [6, 6.07) is 0. The fraction of sp³-hybridized carbons (Fsp3) is 0.500. The van der Waals surface area contributed by atoms with E-state index in [1.165, 1.54) is 10.9 Å². The summed E-state index contributed by atoms with van der Waals surface area (Å²) < 4.78 is 28.6. The molecule has 2 aromatic rings. The Morgan fingerprint density at radius 1 is 1.48 bits per heavy atom. The second-order valence-electron chi connectivity index (χ2n) is 5.07. The average Bonchev–Trinajstić information content (AvgIpc) is 2.97. The quantitative estimate of drug-likeness (QED) is 0.432. The van der Waals surface area contributed by atoms with Crippen LogP contribution in [-0.2, 0) is 18.3 Å². The van der Waals surface area contributed by atoms with Gasteiger partial charge in [0.2, 0.25) is 0 Å². The maximum Gasteiger partial charge on any atom is 0.472 e. The fourth-order valence-corrected chi connectivity index (χ4v) is 4.19. The van der Waals surface area contributed by atoms with Gasteiger partial charge in [-0.05, 0) is 15.9 Å². The van der Waals surface area contributed by atoms with E-state index in [9.17, 15) is 14.6 Å². The van der Waals surface area contributed by atoms with E-state index in [0.29, 0.717) is 15.9 Å². The van der Waals surface area contributed by atoms with Crippen molar-refractivity contribution in [1.82, 2.24) is 19.5 Å². The zero-order valence-electron chi connectivity index (χ0n) is 11.3. The molecule has 2 saturated heterocycles. The van der Waals surface area contributed by atoms with Crippen LogP contribution in [-0.4, -0.2) is 54.4 Å². The average molecular weight is 408 g/mol. The van der Waals surface area contributed by atoms with Crippen molar-refractivity contribution in [2.45, 2.75) is 24.5 Å². The Morgan fingerprint density at radius 3 is 3.04 bits per heavy atom. The largest absolute Gasteiger partial charge is 0.472 e. The van der Waals surface area contributed by atoms with E-state index >= 15 is 0 Å². The van der Waals surface area contributed by atoms with Crippen molar-refractivity contribution in [3.63, 3.8) is 0 Å². The minimum absolute atomic E-state index is 0.173. The summed E-state index contributed by atoms with van der Waals surface area (Å²) in [5, 5.41) is 10.5. The first-order valence-corrected chi connectivity index (χ1v) is 8.79. The van der Waals surface area contributed by atoms with E-state index in [4.69, 9.17) is 19.5 Å². The summed E-state index contributed by atoms with van der Waals surface area (Å²) in [4.78, 5) is 21.5. The zero-order valence-corrected chi connectivity index (χ0v) is 13.8. The molecule has 0 bridgehead atoms. The van der Waals surface area contributed by atoms with Crippen molar-refractivity contribution >= 4 is 40.7 Å².